The van der Waals surface area contributed by atoms with Crippen LogP contribution in [0.5, 0.6) is 0 Å². The van der Waals surface area contributed by atoms with E-state index in [4.69, 9.17) is 0 Å². The second-order valence-corrected chi connectivity index (χ2v) is 8.14. The van der Waals surface area contributed by atoms with E-state index in [2.05, 4.69) is 10.3 Å². The minimum Gasteiger partial charge on any atom is -0.345 e. The van der Waals surface area contributed by atoms with Crippen molar-refractivity contribution in [2.45, 2.75) is 18.9 Å². The molecule has 1 aromatic carbocycles. The van der Waals surface area contributed by atoms with E-state index in [1.807, 2.05) is 0 Å². The number of sulfone groups is 1. The van der Waals surface area contributed by atoms with Crippen molar-refractivity contribution in [2.75, 3.05) is 11.5 Å². The van der Waals surface area contributed by atoms with Crippen LogP contribution in [0.15, 0.2) is 35.1 Å². The number of H-pyrrole nitrogens is 1. The molecule has 7 heteroatoms. The van der Waals surface area contributed by atoms with Crippen molar-refractivity contribution in [3.05, 3.63) is 46.4 Å². The summed E-state index contributed by atoms with van der Waals surface area (Å²) in [5.41, 5.74) is -1.000. The van der Waals surface area contributed by atoms with Crippen molar-refractivity contribution in [1.29, 1.82) is 0 Å². The number of nitrogens with one attached hydrogen (secondary N) is 2. The molecule has 1 saturated heterocycles. The summed E-state index contributed by atoms with van der Waals surface area (Å²) < 4.78 is 23.2. The fourth-order valence-corrected chi connectivity index (χ4v) is 4.88. The van der Waals surface area contributed by atoms with Crippen molar-refractivity contribution in [2.24, 2.45) is 0 Å². The van der Waals surface area contributed by atoms with Gasteiger partial charge in [0.15, 0.2) is 9.84 Å². The maximum Gasteiger partial charge on any atom is 0.268 e. The van der Waals surface area contributed by atoms with Crippen molar-refractivity contribution in [3.63, 3.8) is 0 Å². The van der Waals surface area contributed by atoms with Crippen LogP contribution in [0.3, 0.4) is 0 Å². The Bertz CT molecular complexity index is 917. The number of rotatable bonds is 2. The molecular formula is C15H16N2O4S. The first kappa shape index (κ1) is 14.8. The Balaban J connectivity index is 1.92. The maximum atomic E-state index is 12.3. The highest BCUT2D eigenvalue weighted by Gasteiger charge is 2.39. The van der Waals surface area contributed by atoms with Gasteiger partial charge < -0.3 is 10.3 Å². The van der Waals surface area contributed by atoms with E-state index in [1.54, 1.807) is 37.3 Å². The highest BCUT2D eigenvalue weighted by Crippen LogP contribution is 2.23. The number of pyridine rings is 1. The fourth-order valence-electron chi connectivity index (χ4n) is 2.78. The summed E-state index contributed by atoms with van der Waals surface area (Å²) in [7, 11) is -3.11. The Morgan fingerprint density at radius 1 is 1.32 bits per heavy atom. The number of hydrogen-bond acceptors (Lipinski definition) is 4. The predicted molar refractivity (Wildman–Crippen MR) is 83.7 cm³/mol. The number of amides is 1. The van der Waals surface area contributed by atoms with Crippen LogP contribution in [0.25, 0.3) is 10.8 Å². The Labute approximate surface area is 127 Å². The predicted octanol–water partition coefficient (Wildman–Crippen LogP) is 0.835. The molecule has 2 heterocycles. The fraction of sp³-hybridized carbons (Fsp3) is 0.333. The molecule has 0 bridgehead atoms. The molecule has 1 aliphatic heterocycles. The van der Waals surface area contributed by atoms with Gasteiger partial charge in [0.05, 0.1) is 17.0 Å². The van der Waals surface area contributed by atoms with E-state index in [-0.39, 0.29) is 22.8 Å². The van der Waals surface area contributed by atoms with Crippen LogP contribution in [-0.2, 0) is 9.84 Å². The topological polar surface area (TPSA) is 96.1 Å². The molecule has 22 heavy (non-hydrogen) atoms. The van der Waals surface area contributed by atoms with Crippen LogP contribution in [0.2, 0.25) is 0 Å². The smallest absolute Gasteiger partial charge is 0.268 e. The number of benzene rings is 1. The summed E-state index contributed by atoms with van der Waals surface area (Å²) in [6.07, 6.45) is 0.374. The molecule has 1 fully saturated rings. The van der Waals surface area contributed by atoms with E-state index in [1.165, 1.54) is 0 Å². The van der Waals surface area contributed by atoms with Gasteiger partial charge in [0.2, 0.25) is 0 Å². The molecule has 0 aliphatic carbocycles. The molecule has 1 amide bonds. The highest BCUT2D eigenvalue weighted by atomic mass is 32.2. The van der Waals surface area contributed by atoms with Gasteiger partial charge in [-0.3, -0.25) is 9.59 Å². The SMILES string of the molecule is C[C@@]1(NC(=O)c2cc3ccccc3c(=O)[nH]2)CCS(=O)(=O)C1. The molecule has 0 spiro atoms. The lowest BCUT2D eigenvalue weighted by atomic mass is 10.0. The number of fused-ring (bicyclic) bond motifs is 1. The van der Waals surface area contributed by atoms with Crippen LogP contribution >= 0.6 is 0 Å². The van der Waals surface area contributed by atoms with Crippen LogP contribution in [0.1, 0.15) is 23.8 Å². The monoisotopic (exact) mass is 320 g/mol. The van der Waals surface area contributed by atoms with Gasteiger partial charge in [-0.2, -0.15) is 0 Å². The average molecular weight is 320 g/mol. The van der Waals surface area contributed by atoms with E-state index in [0.29, 0.717) is 17.2 Å². The molecule has 2 N–H and O–H groups in total. The van der Waals surface area contributed by atoms with Crippen LogP contribution in [0.4, 0.5) is 0 Å². The van der Waals surface area contributed by atoms with E-state index in [0.717, 1.165) is 0 Å². The number of carbonyl (C=O) groups is 1. The second kappa shape index (κ2) is 4.95. The third-order valence-electron chi connectivity index (χ3n) is 3.92. The minimum atomic E-state index is -3.11. The van der Waals surface area contributed by atoms with E-state index in [9.17, 15) is 18.0 Å². The molecule has 1 aromatic heterocycles. The van der Waals surface area contributed by atoms with Crippen molar-refractivity contribution < 1.29 is 13.2 Å². The summed E-state index contributed by atoms with van der Waals surface area (Å²) in [5.74, 6) is -0.482. The summed E-state index contributed by atoms with van der Waals surface area (Å²) in [4.78, 5) is 26.9. The molecule has 1 aliphatic rings. The molecule has 6 nitrogen and oxygen atoms in total. The quantitative estimate of drug-likeness (QED) is 0.857. The standard InChI is InChI=1S/C15H16N2O4S/c1-15(6-7-22(20,21)9-15)17-14(19)12-8-10-4-2-3-5-11(10)13(18)16-12/h2-5,8H,6-7,9H2,1H3,(H,16,18)(H,17,19)/t15-/m1/s1. The molecular weight excluding hydrogens is 304 g/mol. The zero-order valence-electron chi connectivity index (χ0n) is 12.0. The van der Waals surface area contributed by atoms with Gasteiger partial charge in [0, 0.05) is 5.39 Å². The summed E-state index contributed by atoms with van der Waals surface area (Å²) in [6.45, 7) is 1.70. The van der Waals surface area contributed by atoms with Gasteiger partial charge >= 0.3 is 0 Å². The first-order chi connectivity index (χ1) is 10.3. The lowest BCUT2D eigenvalue weighted by molar-refractivity contribution is 0.0910. The summed E-state index contributed by atoms with van der Waals surface area (Å²) in [6, 6.07) is 8.57. The number of hydrogen-bond donors (Lipinski definition) is 2. The Morgan fingerprint density at radius 3 is 2.73 bits per heavy atom. The summed E-state index contributed by atoms with van der Waals surface area (Å²) in [5, 5.41) is 3.91. The Hall–Kier alpha value is -2.15. The molecule has 0 unspecified atom stereocenters. The van der Waals surface area contributed by atoms with Crippen LogP contribution in [-0.4, -0.2) is 36.4 Å². The van der Waals surface area contributed by atoms with Gasteiger partial charge in [-0.15, -0.1) is 0 Å². The average Bonchev–Trinajstić information content (AvgIpc) is 2.72. The maximum absolute atomic E-state index is 12.3. The van der Waals surface area contributed by atoms with Gasteiger partial charge in [-0.25, -0.2) is 8.42 Å². The van der Waals surface area contributed by atoms with Crippen LogP contribution in [0, 0.1) is 0 Å². The van der Waals surface area contributed by atoms with Gasteiger partial charge in [-0.1, -0.05) is 18.2 Å². The largest absolute Gasteiger partial charge is 0.345 e. The zero-order chi connectivity index (χ0) is 16.0. The number of aromatic nitrogens is 1. The van der Waals surface area contributed by atoms with Crippen molar-refractivity contribution >= 4 is 26.5 Å². The molecule has 1 atom stereocenters. The molecule has 116 valence electrons. The Morgan fingerprint density at radius 2 is 2.05 bits per heavy atom. The molecule has 2 aromatic rings. The Kier molecular flexibility index (Phi) is 3.32. The normalized spacial score (nSPS) is 23.5. The van der Waals surface area contributed by atoms with Gasteiger partial charge in [-0.05, 0) is 30.9 Å². The zero-order valence-corrected chi connectivity index (χ0v) is 12.9. The lowest BCUT2D eigenvalue weighted by Gasteiger charge is -2.23. The molecule has 3 rings (SSSR count). The second-order valence-electron chi connectivity index (χ2n) is 5.96. The van der Waals surface area contributed by atoms with Crippen LogP contribution < -0.4 is 10.9 Å². The third-order valence-corrected chi connectivity index (χ3v) is 5.82. The molecule has 0 saturated carbocycles. The van der Waals surface area contributed by atoms with Crippen molar-refractivity contribution in [3.8, 4) is 0 Å². The van der Waals surface area contributed by atoms with E-state index >= 15 is 0 Å². The van der Waals surface area contributed by atoms with Crippen molar-refractivity contribution in [1.82, 2.24) is 10.3 Å². The lowest BCUT2D eigenvalue weighted by Crippen LogP contribution is -2.47. The van der Waals surface area contributed by atoms with Gasteiger partial charge in [0.1, 0.15) is 5.69 Å². The minimum absolute atomic E-state index is 0.0675. The first-order valence-electron chi connectivity index (χ1n) is 6.93. The molecule has 0 radical (unpaired) electrons. The number of carbonyl (C=O) groups excluding carboxylic acids is 1. The highest BCUT2D eigenvalue weighted by molar-refractivity contribution is 7.91. The van der Waals surface area contributed by atoms with Gasteiger partial charge in [0.25, 0.3) is 11.5 Å². The third kappa shape index (κ3) is 2.76. The van der Waals surface area contributed by atoms with E-state index < -0.39 is 21.3 Å². The first-order valence-corrected chi connectivity index (χ1v) is 8.75. The number of aromatic amines is 1. The summed E-state index contributed by atoms with van der Waals surface area (Å²) >= 11 is 0.